The van der Waals surface area contributed by atoms with Gasteiger partial charge in [-0.25, -0.2) is 8.42 Å². The lowest BCUT2D eigenvalue weighted by Gasteiger charge is -2.32. The van der Waals surface area contributed by atoms with Crippen LogP contribution >= 0.6 is 0 Å². The van der Waals surface area contributed by atoms with Crippen LogP contribution in [-0.2, 0) is 26.2 Å². The van der Waals surface area contributed by atoms with Crippen LogP contribution in [0.5, 0.6) is 0 Å². The summed E-state index contributed by atoms with van der Waals surface area (Å²) in [4.78, 5) is 28.0. The Balaban J connectivity index is 2.42. The van der Waals surface area contributed by atoms with E-state index in [0.29, 0.717) is 5.69 Å². The van der Waals surface area contributed by atoms with E-state index in [-0.39, 0.29) is 18.5 Å². The lowest BCUT2D eigenvalue weighted by Crippen LogP contribution is -2.52. The van der Waals surface area contributed by atoms with Crippen molar-refractivity contribution in [2.75, 3.05) is 17.1 Å². The zero-order valence-corrected chi connectivity index (χ0v) is 22.1. The first-order chi connectivity index (χ1) is 15.8. The molecule has 0 saturated carbocycles. The zero-order valence-electron chi connectivity index (χ0n) is 21.3. The molecule has 0 spiro atoms. The van der Waals surface area contributed by atoms with Crippen LogP contribution in [0, 0.1) is 20.8 Å². The largest absolute Gasteiger partial charge is 0.352 e. The molecule has 0 fully saturated rings. The van der Waals surface area contributed by atoms with E-state index in [0.717, 1.165) is 39.2 Å². The van der Waals surface area contributed by atoms with E-state index in [2.05, 4.69) is 5.32 Å². The van der Waals surface area contributed by atoms with Crippen LogP contribution in [0.1, 0.15) is 49.4 Å². The van der Waals surface area contributed by atoms with Gasteiger partial charge in [0.25, 0.3) is 0 Å². The first-order valence-corrected chi connectivity index (χ1v) is 13.4. The minimum absolute atomic E-state index is 0.0337. The number of carbonyl (C=O) groups is 2. The Morgan fingerprint density at radius 1 is 1.00 bits per heavy atom. The molecule has 34 heavy (non-hydrogen) atoms. The molecule has 0 bridgehead atoms. The van der Waals surface area contributed by atoms with Gasteiger partial charge in [-0.15, -0.1) is 0 Å². The second kappa shape index (κ2) is 11.5. The molecule has 0 aliphatic heterocycles. The normalized spacial score (nSPS) is 13.1. The van der Waals surface area contributed by atoms with Crippen molar-refractivity contribution in [2.45, 2.75) is 66.6 Å². The molecule has 0 aliphatic carbocycles. The van der Waals surface area contributed by atoms with Crippen molar-refractivity contribution in [3.05, 3.63) is 64.7 Å². The van der Waals surface area contributed by atoms with E-state index in [4.69, 9.17) is 0 Å². The second-order valence-electron chi connectivity index (χ2n) is 9.06. The van der Waals surface area contributed by atoms with Crippen LogP contribution in [0.15, 0.2) is 42.5 Å². The van der Waals surface area contributed by atoms with Crippen molar-refractivity contribution < 1.29 is 18.0 Å². The first-order valence-electron chi connectivity index (χ1n) is 11.5. The fourth-order valence-corrected chi connectivity index (χ4v) is 4.64. The number of nitrogens with zero attached hydrogens (tertiary/aromatic N) is 2. The summed E-state index contributed by atoms with van der Waals surface area (Å²) >= 11 is 0. The van der Waals surface area contributed by atoms with Crippen LogP contribution in [0.2, 0.25) is 0 Å². The summed E-state index contributed by atoms with van der Waals surface area (Å²) < 4.78 is 26.5. The predicted molar refractivity (Wildman–Crippen MR) is 137 cm³/mol. The SMILES string of the molecule is CCC(C)NC(=O)C(C)N(Cc1cccc(C)c1)C(=O)CN(c1ccc(C)cc1C)S(C)(=O)=O. The van der Waals surface area contributed by atoms with Gasteiger partial charge in [-0.3, -0.25) is 13.9 Å². The molecule has 2 aromatic rings. The van der Waals surface area contributed by atoms with Gasteiger partial charge in [0.05, 0.1) is 11.9 Å². The summed E-state index contributed by atoms with van der Waals surface area (Å²) in [5.41, 5.74) is 4.11. The average molecular weight is 488 g/mol. The van der Waals surface area contributed by atoms with E-state index in [9.17, 15) is 18.0 Å². The summed E-state index contributed by atoms with van der Waals surface area (Å²) in [6.07, 6.45) is 1.85. The van der Waals surface area contributed by atoms with E-state index >= 15 is 0 Å². The lowest BCUT2D eigenvalue weighted by atomic mass is 10.1. The van der Waals surface area contributed by atoms with Crippen molar-refractivity contribution in [3.8, 4) is 0 Å². The molecule has 0 aliphatic rings. The van der Waals surface area contributed by atoms with Gasteiger partial charge in [0.15, 0.2) is 0 Å². The molecule has 0 aromatic heterocycles. The standard InChI is InChI=1S/C26H37N3O4S/c1-8-21(5)27-26(31)22(6)28(16-23-11-9-10-18(2)15-23)25(30)17-29(34(7,32)33)24-13-12-19(3)14-20(24)4/h9-15,21-22H,8,16-17H2,1-7H3,(H,27,31). The Morgan fingerprint density at radius 3 is 2.21 bits per heavy atom. The van der Waals surface area contributed by atoms with Crippen LogP contribution < -0.4 is 9.62 Å². The number of sulfonamides is 1. The second-order valence-corrected chi connectivity index (χ2v) is 11.0. The van der Waals surface area contributed by atoms with E-state index in [1.54, 1.807) is 13.0 Å². The van der Waals surface area contributed by atoms with E-state index in [1.165, 1.54) is 4.90 Å². The van der Waals surface area contributed by atoms with Gasteiger partial charge in [-0.05, 0) is 58.2 Å². The topological polar surface area (TPSA) is 86.8 Å². The van der Waals surface area contributed by atoms with Crippen molar-refractivity contribution in [3.63, 3.8) is 0 Å². The highest BCUT2D eigenvalue weighted by Gasteiger charge is 2.30. The average Bonchev–Trinajstić information content (AvgIpc) is 2.74. The van der Waals surface area contributed by atoms with Crippen LogP contribution in [-0.4, -0.2) is 50.0 Å². The van der Waals surface area contributed by atoms with Crippen molar-refractivity contribution >= 4 is 27.5 Å². The van der Waals surface area contributed by atoms with Gasteiger partial charge < -0.3 is 10.2 Å². The minimum Gasteiger partial charge on any atom is -0.352 e. The van der Waals surface area contributed by atoms with Crippen molar-refractivity contribution in [1.29, 1.82) is 0 Å². The summed E-state index contributed by atoms with van der Waals surface area (Å²) in [5, 5.41) is 2.93. The summed E-state index contributed by atoms with van der Waals surface area (Å²) in [7, 11) is -3.75. The molecule has 7 nitrogen and oxygen atoms in total. The van der Waals surface area contributed by atoms with Gasteiger partial charge in [-0.1, -0.05) is 54.4 Å². The third-order valence-corrected chi connectivity index (χ3v) is 7.03. The molecule has 0 radical (unpaired) electrons. The Kier molecular flexibility index (Phi) is 9.27. The van der Waals surface area contributed by atoms with Gasteiger partial charge in [0.1, 0.15) is 12.6 Å². The lowest BCUT2D eigenvalue weighted by molar-refractivity contribution is -0.139. The predicted octanol–water partition coefficient (Wildman–Crippen LogP) is 3.71. The molecule has 2 rings (SSSR count). The molecular weight excluding hydrogens is 450 g/mol. The quantitative estimate of drug-likeness (QED) is 0.554. The van der Waals surface area contributed by atoms with Crippen LogP contribution in [0.25, 0.3) is 0 Å². The van der Waals surface area contributed by atoms with Gasteiger partial charge in [0.2, 0.25) is 21.8 Å². The smallest absolute Gasteiger partial charge is 0.244 e. The Hall–Kier alpha value is -2.87. The highest BCUT2D eigenvalue weighted by atomic mass is 32.2. The number of hydrogen-bond donors (Lipinski definition) is 1. The maximum absolute atomic E-state index is 13.6. The van der Waals surface area contributed by atoms with E-state index in [1.807, 2.05) is 71.0 Å². The maximum Gasteiger partial charge on any atom is 0.244 e. The number of anilines is 1. The molecular formula is C26H37N3O4S. The number of amides is 2. The Labute approximate surface area is 204 Å². The fourth-order valence-electron chi connectivity index (χ4n) is 3.74. The highest BCUT2D eigenvalue weighted by molar-refractivity contribution is 7.92. The van der Waals surface area contributed by atoms with E-state index < -0.39 is 28.5 Å². The summed E-state index contributed by atoms with van der Waals surface area (Å²) in [5.74, 6) is -0.716. The van der Waals surface area contributed by atoms with Crippen LogP contribution in [0.3, 0.4) is 0 Å². The number of aryl methyl sites for hydroxylation is 3. The third-order valence-electron chi connectivity index (χ3n) is 5.90. The van der Waals surface area contributed by atoms with Crippen LogP contribution in [0.4, 0.5) is 5.69 Å². The zero-order chi connectivity index (χ0) is 25.6. The first kappa shape index (κ1) is 27.4. The molecule has 0 heterocycles. The Bertz CT molecular complexity index is 1130. The Morgan fingerprint density at radius 2 is 1.65 bits per heavy atom. The minimum atomic E-state index is -3.75. The molecule has 186 valence electrons. The van der Waals surface area contributed by atoms with Gasteiger partial charge in [-0.2, -0.15) is 0 Å². The summed E-state index contributed by atoms with van der Waals surface area (Å²) in [6, 6.07) is 12.3. The molecule has 1 N–H and O–H groups in total. The third kappa shape index (κ3) is 7.32. The molecule has 2 amide bonds. The van der Waals surface area contributed by atoms with Crippen molar-refractivity contribution in [1.82, 2.24) is 10.2 Å². The van der Waals surface area contributed by atoms with Crippen molar-refractivity contribution in [2.24, 2.45) is 0 Å². The maximum atomic E-state index is 13.6. The monoisotopic (exact) mass is 487 g/mol. The number of carbonyl (C=O) groups excluding carboxylic acids is 2. The fraction of sp³-hybridized carbons (Fsp3) is 0.462. The highest BCUT2D eigenvalue weighted by Crippen LogP contribution is 2.24. The van der Waals surface area contributed by atoms with Gasteiger partial charge >= 0.3 is 0 Å². The summed E-state index contributed by atoms with van der Waals surface area (Å²) in [6.45, 7) is 11.1. The molecule has 2 unspecified atom stereocenters. The molecule has 2 atom stereocenters. The molecule has 2 aromatic carbocycles. The number of hydrogen-bond acceptors (Lipinski definition) is 4. The molecule has 8 heteroatoms. The number of benzene rings is 2. The van der Waals surface area contributed by atoms with Gasteiger partial charge in [0, 0.05) is 12.6 Å². The number of rotatable bonds is 10. The molecule has 0 saturated heterocycles. The number of nitrogens with one attached hydrogen (secondary N) is 1.